The average molecular weight is 250 g/mol. The van der Waals surface area contributed by atoms with Crippen molar-refractivity contribution in [2.24, 2.45) is 0 Å². The molecule has 4 heteroatoms. The first kappa shape index (κ1) is 11.5. The van der Waals surface area contributed by atoms with Crippen LogP contribution in [-0.4, -0.2) is 45.7 Å². The topological polar surface area (TPSA) is 9.23 Å². The van der Waals surface area contributed by atoms with E-state index in [1.807, 2.05) is 11.8 Å². The molecule has 2 saturated heterocycles. The highest BCUT2D eigenvalue weighted by Crippen LogP contribution is 2.38. The highest BCUT2D eigenvalue weighted by Gasteiger charge is 2.32. The minimum absolute atomic E-state index is 0.372. The van der Waals surface area contributed by atoms with E-state index >= 15 is 0 Å². The zero-order chi connectivity index (χ0) is 10.0. The summed E-state index contributed by atoms with van der Waals surface area (Å²) in [7, 11) is 0. The molecule has 2 heterocycles. The van der Waals surface area contributed by atoms with Gasteiger partial charge in [-0.25, -0.2) is 0 Å². The molecule has 0 spiro atoms. The summed E-state index contributed by atoms with van der Waals surface area (Å²) in [6, 6.07) is 0. The van der Waals surface area contributed by atoms with Gasteiger partial charge in [0.25, 0.3) is 0 Å². The third-order valence-electron chi connectivity index (χ3n) is 2.45. The summed E-state index contributed by atoms with van der Waals surface area (Å²) in [5, 5.41) is 1.64. The van der Waals surface area contributed by atoms with Crippen LogP contribution in [-0.2, 0) is 4.74 Å². The fraction of sp³-hybridized carbons (Fsp3) is 1.00. The summed E-state index contributed by atoms with van der Waals surface area (Å²) in [4.78, 5) is 0. The van der Waals surface area contributed by atoms with Gasteiger partial charge in [-0.3, -0.25) is 0 Å². The van der Waals surface area contributed by atoms with Gasteiger partial charge < -0.3 is 4.74 Å². The Morgan fingerprint density at radius 2 is 2.14 bits per heavy atom. The molecule has 0 saturated carbocycles. The minimum atomic E-state index is 0.372. The zero-order valence-corrected chi connectivity index (χ0v) is 11.3. The van der Waals surface area contributed by atoms with Crippen LogP contribution in [0.3, 0.4) is 0 Å². The van der Waals surface area contributed by atoms with Crippen LogP contribution in [0.25, 0.3) is 0 Å². The Bertz CT molecular complexity index is 186. The largest absolute Gasteiger partial charge is 0.379 e. The summed E-state index contributed by atoms with van der Waals surface area (Å²) in [5.74, 6) is 3.84. The maximum atomic E-state index is 5.78. The molecule has 0 aromatic carbocycles. The third-order valence-corrected chi connectivity index (χ3v) is 6.95. The standard InChI is InChI=1S/C10H18OS3/c1-8-4-14-10(2,7-13-8)6-11-3-9-5-12-9/h8-9H,3-7H2,1-2H3. The van der Waals surface area contributed by atoms with Gasteiger partial charge in [0, 0.05) is 32.5 Å². The quantitative estimate of drug-likeness (QED) is 0.709. The maximum Gasteiger partial charge on any atom is 0.0619 e. The van der Waals surface area contributed by atoms with Crippen LogP contribution in [0.15, 0.2) is 0 Å². The van der Waals surface area contributed by atoms with E-state index in [2.05, 4.69) is 37.4 Å². The van der Waals surface area contributed by atoms with E-state index < -0.39 is 0 Å². The first-order valence-electron chi connectivity index (χ1n) is 5.13. The zero-order valence-electron chi connectivity index (χ0n) is 8.82. The Morgan fingerprint density at radius 3 is 2.71 bits per heavy atom. The van der Waals surface area contributed by atoms with Gasteiger partial charge in [-0.05, 0) is 6.92 Å². The molecule has 2 aliphatic heterocycles. The fourth-order valence-electron chi connectivity index (χ4n) is 1.38. The Hall–Kier alpha value is 1.01. The van der Waals surface area contributed by atoms with Crippen molar-refractivity contribution in [1.82, 2.24) is 0 Å². The Morgan fingerprint density at radius 1 is 1.36 bits per heavy atom. The van der Waals surface area contributed by atoms with E-state index in [1.165, 1.54) is 17.3 Å². The lowest BCUT2D eigenvalue weighted by atomic mass is 10.2. The summed E-state index contributed by atoms with van der Waals surface area (Å²) < 4.78 is 6.15. The highest BCUT2D eigenvalue weighted by atomic mass is 32.2. The second-order valence-electron chi connectivity index (χ2n) is 4.35. The highest BCUT2D eigenvalue weighted by molar-refractivity contribution is 8.07. The van der Waals surface area contributed by atoms with Crippen molar-refractivity contribution in [2.45, 2.75) is 29.1 Å². The van der Waals surface area contributed by atoms with Crippen LogP contribution in [0, 0.1) is 0 Å². The lowest BCUT2D eigenvalue weighted by Crippen LogP contribution is -2.36. The van der Waals surface area contributed by atoms with Crippen molar-refractivity contribution in [2.75, 3.05) is 30.5 Å². The van der Waals surface area contributed by atoms with Gasteiger partial charge in [-0.15, -0.1) is 0 Å². The van der Waals surface area contributed by atoms with E-state index in [1.54, 1.807) is 0 Å². The SMILES string of the molecule is CC1CSC(C)(COCC2CS2)CS1. The van der Waals surface area contributed by atoms with Crippen LogP contribution in [0.4, 0.5) is 0 Å². The van der Waals surface area contributed by atoms with Gasteiger partial charge in [0.1, 0.15) is 0 Å². The van der Waals surface area contributed by atoms with Crippen LogP contribution in [0.1, 0.15) is 13.8 Å². The van der Waals surface area contributed by atoms with Gasteiger partial charge in [0.15, 0.2) is 0 Å². The fourth-order valence-corrected chi connectivity index (χ4v) is 4.46. The number of ether oxygens (including phenoxy) is 1. The first-order valence-corrected chi connectivity index (χ1v) is 8.21. The first-order chi connectivity index (χ1) is 6.68. The van der Waals surface area contributed by atoms with Gasteiger partial charge >= 0.3 is 0 Å². The molecule has 2 fully saturated rings. The monoisotopic (exact) mass is 250 g/mol. The molecule has 1 nitrogen and oxygen atoms in total. The molecule has 3 atom stereocenters. The lowest BCUT2D eigenvalue weighted by molar-refractivity contribution is 0.127. The molecule has 82 valence electrons. The second kappa shape index (κ2) is 4.89. The third kappa shape index (κ3) is 3.54. The molecule has 0 amide bonds. The molecule has 0 bridgehead atoms. The van der Waals surface area contributed by atoms with Crippen molar-refractivity contribution in [1.29, 1.82) is 0 Å². The van der Waals surface area contributed by atoms with Gasteiger partial charge in [-0.1, -0.05) is 6.92 Å². The number of hydrogen-bond acceptors (Lipinski definition) is 4. The van der Waals surface area contributed by atoms with E-state index in [0.29, 0.717) is 4.75 Å². The van der Waals surface area contributed by atoms with E-state index in [-0.39, 0.29) is 0 Å². The number of rotatable bonds is 4. The number of hydrogen-bond donors (Lipinski definition) is 0. The molecule has 0 N–H and O–H groups in total. The van der Waals surface area contributed by atoms with E-state index in [4.69, 9.17) is 4.74 Å². The summed E-state index contributed by atoms with van der Waals surface area (Å²) in [6.07, 6.45) is 0. The van der Waals surface area contributed by atoms with Gasteiger partial charge in [-0.2, -0.15) is 35.3 Å². The average Bonchev–Trinajstić information content (AvgIpc) is 2.95. The summed E-state index contributed by atoms with van der Waals surface area (Å²) in [6.45, 7) is 6.57. The predicted octanol–water partition coefficient (Wildman–Crippen LogP) is 2.75. The van der Waals surface area contributed by atoms with Crippen LogP contribution < -0.4 is 0 Å². The van der Waals surface area contributed by atoms with Gasteiger partial charge in [0.05, 0.1) is 13.2 Å². The molecular formula is C10H18OS3. The van der Waals surface area contributed by atoms with E-state index in [9.17, 15) is 0 Å². The van der Waals surface area contributed by atoms with Crippen LogP contribution in [0.2, 0.25) is 0 Å². The molecule has 2 aliphatic rings. The molecule has 14 heavy (non-hydrogen) atoms. The summed E-state index contributed by atoms with van der Waals surface area (Å²) in [5.41, 5.74) is 0. The maximum absolute atomic E-state index is 5.78. The molecule has 0 aromatic rings. The molecule has 0 aliphatic carbocycles. The van der Waals surface area contributed by atoms with Crippen LogP contribution >= 0.6 is 35.3 Å². The van der Waals surface area contributed by atoms with Crippen LogP contribution in [0.5, 0.6) is 0 Å². The van der Waals surface area contributed by atoms with Crippen molar-refractivity contribution in [3.8, 4) is 0 Å². The summed E-state index contributed by atoms with van der Waals surface area (Å²) >= 11 is 6.20. The Kier molecular flexibility index (Phi) is 4.02. The Labute approximate surface area is 99.5 Å². The normalized spacial score (nSPS) is 42.4. The van der Waals surface area contributed by atoms with E-state index in [0.717, 1.165) is 23.7 Å². The molecule has 0 aromatic heterocycles. The second-order valence-corrected chi connectivity index (χ2v) is 8.72. The minimum Gasteiger partial charge on any atom is -0.379 e. The van der Waals surface area contributed by atoms with Gasteiger partial charge in [0.2, 0.25) is 0 Å². The molecule has 3 unspecified atom stereocenters. The number of thioether (sulfide) groups is 3. The lowest BCUT2D eigenvalue weighted by Gasteiger charge is -2.34. The molecule has 0 radical (unpaired) electrons. The van der Waals surface area contributed by atoms with Crippen molar-refractivity contribution < 1.29 is 4.74 Å². The predicted molar refractivity (Wildman–Crippen MR) is 69.8 cm³/mol. The molecule has 2 rings (SSSR count). The molecular weight excluding hydrogens is 232 g/mol. The van der Waals surface area contributed by atoms with Crippen molar-refractivity contribution in [3.05, 3.63) is 0 Å². The Balaban J connectivity index is 1.66. The van der Waals surface area contributed by atoms with Crippen molar-refractivity contribution in [3.63, 3.8) is 0 Å². The van der Waals surface area contributed by atoms with Crippen molar-refractivity contribution >= 4 is 35.3 Å². The smallest absolute Gasteiger partial charge is 0.0619 e.